The zero-order valence-corrected chi connectivity index (χ0v) is 22.1. The van der Waals surface area contributed by atoms with Gasteiger partial charge < -0.3 is 5.73 Å². The highest BCUT2D eigenvalue weighted by Crippen LogP contribution is 2.55. The molecule has 37 heavy (non-hydrogen) atoms. The minimum Gasteiger partial charge on any atom is -0.383 e. The summed E-state index contributed by atoms with van der Waals surface area (Å²) < 4.78 is 0. The quantitative estimate of drug-likeness (QED) is 0.102. The lowest BCUT2D eigenvalue weighted by atomic mass is 9.98. The van der Waals surface area contributed by atoms with Gasteiger partial charge in [-0.25, -0.2) is 9.97 Å². The highest BCUT2D eigenvalue weighted by atomic mass is 32.2. The summed E-state index contributed by atoms with van der Waals surface area (Å²) in [7, 11) is 0. The van der Waals surface area contributed by atoms with E-state index in [1.54, 1.807) is 23.5 Å². The molecule has 2 aromatic heterocycles. The van der Waals surface area contributed by atoms with Gasteiger partial charge in [-0.3, -0.25) is 10.1 Å². The largest absolute Gasteiger partial charge is 0.383 e. The second-order valence-electron chi connectivity index (χ2n) is 8.76. The maximum atomic E-state index is 10.9. The number of nitro benzene ring substituents is 1. The van der Waals surface area contributed by atoms with Crippen molar-refractivity contribution in [2.45, 2.75) is 27.8 Å². The number of non-ortho nitro benzene ring substituents is 1. The molecule has 1 aliphatic rings. The van der Waals surface area contributed by atoms with Crippen LogP contribution in [-0.2, 0) is 12.2 Å². The summed E-state index contributed by atoms with van der Waals surface area (Å²) in [6.45, 7) is 0. The van der Waals surface area contributed by atoms with Crippen LogP contribution in [-0.4, -0.2) is 14.9 Å². The lowest BCUT2D eigenvalue weighted by Crippen LogP contribution is -2.12. The lowest BCUT2D eigenvalue weighted by molar-refractivity contribution is -0.384. The Labute approximate surface area is 226 Å². The Hall–Kier alpha value is -3.40. The number of hydrogen-bond acceptors (Lipinski definition) is 8. The summed E-state index contributed by atoms with van der Waals surface area (Å²) in [4.78, 5) is 22.3. The van der Waals surface area contributed by atoms with Gasteiger partial charge >= 0.3 is 0 Å². The van der Waals surface area contributed by atoms with Crippen LogP contribution < -0.4 is 5.73 Å². The Morgan fingerprint density at radius 2 is 1.62 bits per heavy atom. The van der Waals surface area contributed by atoms with Crippen LogP contribution in [0, 0.1) is 10.1 Å². The van der Waals surface area contributed by atoms with Crippen LogP contribution in [0.1, 0.15) is 37.6 Å². The van der Waals surface area contributed by atoms with Gasteiger partial charge in [-0.15, -0.1) is 23.1 Å². The zero-order valence-electron chi connectivity index (χ0n) is 19.6. The minimum atomic E-state index is -0.392. The van der Waals surface area contributed by atoms with Gasteiger partial charge in [0.15, 0.2) is 5.16 Å². The number of thiophene rings is 1. The molecule has 5 aromatic rings. The number of fused-ring (bicyclic) bond motifs is 3. The van der Waals surface area contributed by atoms with Gasteiger partial charge in [0, 0.05) is 28.0 Å². The Bertz CT molecular complexity index is 1570. The van der Waals surface area contributed by atoms with Crippen molar-refractivity contribution in [3.63, 3.8) is 0 Å². The summed E-state index contributed by atoms with van der Waals surface area (Å²) in [5.74, 6) is 1.12. The van der Waals surface area contributed by atoms with Crippen molar-refractivity contribution in [1.29, 1.82) is 0 Å². The molecule has 2 N–H and O–H groups in total. The average Bonchev–Trinajstić information content (AvgIpc) is 3.31. The maximum absolute atomic E-state index is 10.9. The molecule has 6 nitrogen and oxygen atoms in total. The summed E-state index contributed by atoms with van der Waals surface area (Å²) in [6, 6.07) is 27.8. The predicted octanol–water partition coefficient (Wildman–Crippen LogP) is 7.59. The van der Waals surface area contributed by atoms with E-state index in [1.165, 1.54) is 45.5 Å². The highest BCUT2D eigenvalue weighted by molar-refractivity contribution is 8.00. The third kappa shape index (κ3) is 4.82. The van der Waals surface area contributed by atoms with E-state index in [4.69, 9.17) is 10.7 Å². The van der Waals surface area contributed by atoms with Crippen LogP contribution in [0.25, 0.3) is 10.2 Å². The van der Waals surface area contributed by atoms with E-state index in [1.807, 2.05) is 11.8 Å². The molecule has 3 aromatic carbocycles. The highest BCUT2D eigenvalue weighted by Gasteiger charge is 2.34. The molecular formula is C28H22N4O2S3. The van der Waals surface area contributed by atoms with Gasteiger partial charge in [0.2, 0.25) is 0 Å². The van der Waals surface area contributed by atoms with Crippen molar-refractivity contribution in [3.05, 3.63) is 122 Å². The fourth-order valence-electron chi connectivity index (χ4n) is 4.60. The third-order valence-electron chi connectivity index (χ3n) is 6.41. The summed E-state index contributed by atoms with van der Waals surface area (Å²) in [5.41, 5.74) is 11.5. The smallest absolute Gasteiger partial charge is 0.269 e. The second kappa shape index (κ2) is 10.2. The van der Waals surface area contributed by atoms with Crippen molar-refractivity contribution in [2.24, 2.45) is 0 Å². The van der Waals surface area contributed by atoms with E-state index < -0.39 is 4.92 Å². The number of benzene rings is 3. The van der Waals surface area contributed by atoms with E-state index in [9.17, 15) is 10.1 Å². The topological polar surface area (TPSA) is 94.9 Å². The fraction of sp³-hybridized carbons (Fsp3) is 0.143. The lowest BCUT2D eigenvalue weighted by Gasteiger charge is -2.30. The van der Waals surface area contributed by atoms with E-state index in [0.29, 0.717) is 22.0 Å². The standard InChI is InChI=1S/C28H22N4O2S3/c29-26-23-21-15-22(18-7-3-1-4-8-18)36-24(19-9-5-2-6-10-19)25(21)37-27(23)31-28(30-26)35-16-17-11-13-20(14-12-17)32(33)34/h1-14,22,24H,15-16H2,(H2,29,30,31)/t22-,24-/m1/s1. The molecule has 6 rings (SSSR count). The molecule has 0 bridgehead atoms. The molecule has 0 amide bonds. The Balaban J connectivity index is 1.35. The van der Waals surface area contributed by atoms with Crippen LogP contribution in [0.2, 0.25) is 0 Å². The number of anilines is 1. The van der Waals surface area contributed by atoms with Gasteiger partial charge in [0.1, 0.15) is 10.6 Å². The Morgan fingerprint density at radius 1 is 0.946 bits per heavy atom. The van der Waals surface area contributed by atoms with E-state index >= 15 is 0 Å². The van der Waals surface area contributed by atoms with Crippen LogP contribution in [0.3, 0.4) is 0 Å². The van der Waals surface area contributed by atoms with Gasteiger partial charge in [-0.05, 0) is 28.7 Å². The molecule has 0 spiro atoms. The monoisotopic (exact) mass is 542 g/mol. The first-order valence-electron chi connectivity index (χ1n) is 11.8. The van der Waals surface area contributed by atoms with Crippen molar-refractivity contribution in [2.75, 3.05) is 5.73 Å². The molecule has 0 fully saturated rings. The molecule has 0 unspecified atom stereocenters. The number of thioether (sulfide) groups is 2. The second-order valence-corrected chi connectivity index (χ2v) is 12.0. The van der Waals surface area contributed by atoms with Crippen molar-refractivity contribution in [3.8, 4) is 0 Å². The van der Waals surface area contributed by atoms with Crippen molar-refractivity contribution < 1.29 is 4.92 Å². The third-order valence-corrected chi connectivity index (χ3v) is 10.2. The Kier molecular flexibility index (Phi) is 6.58. The molecule has 3 heterocycles. The molecule has 0 saturated carbocycles. The van der Waals surface area contributed by atoms with Crippen molar-refractivity contribution in [1.82, 2.24) is 9.97 Å². The van der Waals surface area contributed by atoms with Gasteiger partial charge in [0.25, 0.3) is 5.69 Å². The number of nitrogens with two attached hydrogens (primary N) is 1. The molecule has 9 heteroatoms. The van der Waals surface area contributed by atoms with Gasteiger partial charge in [-0.2, -0.15) is 0 Å². The molecule has 0 radical (unpaired) electrons. The van der Waals surface area contributed by atoms with E-state index in [0.717, 1.165) is 22.2 Å². The molecule has 1 aliphatic heterocycles. The number of aromatic nitrogens is 2. The number of rotatable bonds is 6. The first-order chi connectivity index (χ1) is 18.1. The fourth-order valence-corrected chi connectivity index (χ4v) is 8.49. The molecular weight excluding hydrogens is 521 g/mol. The first-order valence-corrected chi connectivity index (χ1v) is 14.5. The Morgan fingerprint density at radius 3 is 2.30 bits per heavy atom. The normalized spacial score (nSPS) is 17.0. The zero-order chi connectivity index (χ0) is 25.4. The SMILES string of the molecule is Nc1nc(SCc2ccc([N+](=O)[O-])cc2)nc2sc3c(c12)C[C@H](c1ccccc1)S[C@@H]3c1ccccc1. The first kappa shape index (κ1) is 24.0. The molecule has 0 aliphatic carbocycles. The maximum Gasteiger partial charge on any atom is 0.269 e. The summed E-state index contributed by atoms with van der Waals surface area (Å²) in [5, 5.41) is 13.0. The van der Waals surface area contributed by atoms with Crippen LogP contribution in [0.4, 0.5) is 11.5 Å². The molecule has 0 saturated heterocycles. The van der Waals surface area contributed by atoms with Crippen molar-refractivity contribution >= 4 is 56.6 Å². The average molecular weight is 543 g/mol. The van der Waals surface area contributed by atoms with Gasteiger partial charge in [-0.1, -0.05) is 84.6 Å². The number of hydrogen-bond donors (Lipinski definition) is 1. The molecule has 184 valence electrons. The summed E-state index contributed by atoms with van der Waals surface area (Å²) >= 11 is 5.19. The molecule has 2 atom stereocenters. The number of nitrogen functional groups attached to an aromatic ring is 1. The van der Waals surface area contributed by atoms with Crippen LogP contribution in [0.15, 0.2) is 90.1 Å². The van der Waals surface area contributed by atoms with E-state index in [-0.39, 0.29) is 10.9 Å². The summed E-state index contributed by atoms with van der Waals surface area (Å²) in [6.07, 6.45) is 0.885. The van der Waals surface area contributed by atoms with Crippen LogP contribution in [0.5, 0.6) is 0 Å². The van der Waals surface area contributed by atoms with E-state index in [2.05, 4.69) is 65.6 Å². The minimum absolute atomic E-state index is 0.0828. The van der Waals surface area contributed by atoms with Gasteiger partial charge in [0.05, 0.1) is 15.6 Å². The number of nitrogens with zero attached hydrogens (tertiary/aromatic N) is 3. The number of nitro groups is 1. The predicted molar refractivity (Wildman–Crippen MR) is 153 cm³/mol. The van der Waals surface area contributed by atoms with Crippen LogP contribution >= 0.6 is 34.9 Å².